The first kappa shape index (κ1) is 25.3. The highest BCUT2D eigenvalue weighted by molar-refractivity contribution is 6.62. The summed E-state index contributed by atoms with van der Waals surface area (Å²) in [6.45, 7) is 9.38. The normalized spacial score (nSPS) is 19.7. The van der Waals surface area contributed by atoms with Crippen molar-refractivity contribution in [3.8, 4) is 5.75 Å². The van der Waals surface area contributed by atoms with Crippen LogP contribution < -0.4 is 11.2 Å². The predicted molar refractivity (Wildman–Crippen MR) is 135 cm³/mol. The number of hydrogen-bond acceptors (Lipinski definition) is 5. The lowest BCUT2D eigenvalue weighted by atomic mass is 9.76. The van der Waals surface area contributed by atoms with E-state index in [1.807, 2.05) is 44.7 Å². The molecule has 0 radical (unpaired) electrons. The third kappa shape index (κ3) is 5.54. The fourth-order valence-corrected chi connectivity index (χ4v) is 4.72. The molecule has 2 aliphatic heterocycles. The molecule has 2 aromatic rings. The Morgan fingerprint density at radius 2 is 1.63 bits per heavy atom. The lowest BCUT2D eigenvalue weighted by Crippen LogP contribution is -2.41. The van der Waals surface area contributed by atoms with Gasteiger partial charge in [-0.15, -0.1) is 0 Å². The van der Waals surface area contributed by atoms with Crippen LogP contribution in [0.15, 0.2) is 42.5 Å². The zero-order valence-electron chi connectivity index (χ0n) is 21.0. The Morgan fingerprint density at radius 1 is 1.03 bits per heavy atom. The fourth-order valence-electron chi connectivity index (χ4n) is 4.72. The van der Waals surface area contributed by atoms with Gasteiger partial charge in [-0.3, -0.25) is 9.59 Å². The molecule has 2 saturated heterocycles. The lowest BCUT2D eigenvalue weighted by molar-refractivity contribution is -0.131. The summed E-state index contributed by atoms with van der Waals surface area (Å²) < 4.78 is 12.3. The molecule has 0 aromatic heterocycles. The largest absolute Gasteiger partial charge is 0.508 e. The number of carbonyl (C=O) groups excluding carboxylic acids is 2. The molecule has 3 N–H and O–H groups in total. The van der Waals surface area contributed by atoms with Crippen LogP contribution in [-0.4, -0.2) is 53.2 Å². The van der Waals surface area contributed by atoms with Crippen molar-refractivity contribution in [1.29, 1.82) is 0 Å². The van der Waals surface area contributed by atoms with Gasteiger partial charge in [0.05, 0.1) is 17.6 Å². The SMILES string of the molecule is CC1(C)OB(c2ccc(CC3CCN(C(=O)Cc4ccc(O)cc4)CC3)c(C(N)=O)c2)OC1(C)C. The van der Waals surface area contributed by atoms with E-state index in [1.165, 1.54) is 0 Å². The second-order valence-corrected chi connectivity index (χ2v) is 10.7. The minimum absolute atomic E-state index is 0.0960. The maximum Gasteiger partial charge on any atom is 0.494 e. The van der Waals surface area contributed by atoms with Gasteiger partial charge in [-0.25, -0.2) is 0 Å². The number of carbonyl (C=O) groups is 2. The van der Waals surface area contributed by atoms with E-state index in [1.54, 1.807) is 30.3 Å². The summed E-state index contributed by atoms with van der Waals surface area (Å²) in [6.07, 6.45) is 2.82. The minimum Gasteiger partial charge on any atom is -0.508 e. The molecule has 0 aliphatic carbocycles. The molecule has 35 heavy (non-hydrogen) atoms. The summed E-state index contributed by atoms with van der Waals surface area (Å²) in [5.74, 6) is 0.202. The van der Waals surface area contributed by atoms with Crippen LogP contribution in [0.25, 0.3) is 0 Å². The number of hydrogen-bond donors (Lipinski definition) is 2. The van der Waals surface area contributed by atoms with E-state index in [-0.39, 0.29) is 11.7 Å². The number of likely N-dealkylation sites (tertiary alicyclic amines) is 1. The molecule has 2 heterocycles. The highest BCUT2D eigenvalue weighted by atomic mass is 16.7. The molecule has 2 aromatic carbocycles. The fraction of sp³-hybridized carbons (Fsp3) is 0.481. The van der Waals surface area contributed by atoms with Crippen LogP contribution in [0.3, 0.4) is 0 Å². The summed E-state index contributed by atoms with van der Waals surface area (Å²) in [6, 6.07) is 12.5. The molecule has 4 rings (SSSR count). The Bertz CT molecular complexity index is 1080. The van der Waals surface area contributed by atoms with E-state index in [2.05, 4.69) is 0 Å². The Labute approximate surface area is 207 Å². The van der Waals surface area contributed by atoms with E-state index in [9.17, 15) is 14.7 Å². The molecule has 7 nitrogen and oxygen atoms in total. The number of benzene rings is 2. The van der Waals surface area contributed by atoms with Crippen LogP contribution in [0.5, 0.6) is 5.75 Å². The van der Waals surface area contributed by atoms with Crippen molar-refractivity contribution in [1.82, 2.24) is 4.90 Å². The first-order chi connectivity index (χ1) is 16.4. The summed E-state index contributed by atoms with van der Waals surface area (Å²) >= 11 is 0. The molecule has 0 spiro atoms. The number of nitrogens with zero attached hydrogens (tertiary/aromatic N) is 1. The zero-order chi connectivity index (χ0) is 25.4. The van der Waals surface area contributed by atoms with Gasteiger partial charge in [-0.05, 0) is 87.7 Å². The average Bonchev–Trinajstić information content (AvgIpc) is 3.02. The van der Waals surface area contributed by atoms with Gasteiger partial charge < -0.3 is 25.0 Å². The average molecular weight is 478 g/mol. The van der Waals surface area contributed by atoms with Gasteiger partial charge in [0, 0.05) is 18.7 Å². The van der Waals surface area contributed by atoms with Crippen molar-refractivity contribution >= 4 is 24.4 Å². The highest BCUT2D eigenvalue weighted by Gasteiger charge is 2.51. The molecule has 0 atom stereocenters. The van der Waals surface area contributed by atoms with Gasteiger partial charge in [0.25, 0.3) is 0 Å². The molecule has 2 amide bonds. The van der Waals surface area contributed by atoms with Gasteiger partial charge in [-0.2, -0.15) is 0 Å². The van der Waals surface area contributed by atoms with Crippen molar-refractivity contribution < 1.29 is 24.0 Å². The summed E-state index contributed by atoms with van der Waals surface area (Å²) in [4.78, 5) is 26.9. The zero-order valence-corrected chi connectivity index (χ0v) is 21.0. The highest BCUT2D eigenvalue weighted by Crippen LogP contribution is 2.36. The number of rotatable bonds is 6. The van der Waals surface area contributed by atoms with Crippen molar-refractivity contribution in [2.75, 3.05) is 13.1 Å². The molecular formula is C27H35BN2O5. The molecule has 0 saturated carbocycles. The van der Waals surface area contributed by atoms with E-state index >= 15 is 0 Å². The van der Waals surface area contributed by atoms with Crippen LogP contribution in [0.1, 0.15) is 62.0 Å². The number of piperidine rings is 1. The second kappa shape index (κ2) is 9.67. The number of phenols is 1. The maximum absolute atomic E-state index is 12.7. The number of aromatic hydroxyl groups is 1. The van der Waals surface area contributed by atoms with Gasteiger partial charge in [0.2, 0.25) is 11.8 Å². The van der Waals surface area contributed by atoms with Gasteiger partial charge in [-0.1, -0.05) is 24.3 Å². The van der Waals surface area contributed by atoms with Crippen molar-refractivity contribution in [2.24, 2.45) is 11.7 Å². The third-order valence-corrected chi connectivity index (χ3v) is 7.69. The number of amides is 2. The van der Waals surface area contributed by atoms with E-state index in [0.29, 0.717) is 31.0 Å². The molecule has 2 fully saturated rings. The van der Waals surface area contributed by atoms with Gasteiger partial charge >= 0.3 is 7.12 Å². The predicted octanol–water partition coefficient (Wildman–Crippen LogP) is 2.81. The molecule has 0 bridgehead atoms. The first-order valence-corrected chi connectivity index (χ1v) is 12.3. The summed E-state index contributed by atoms with van der Waals surface area (Å²) in [5.41, 5.74) is 7.93. The van der Waals surface area contributed by atoms with Gasteiger partial charge in [0.15, 0.2) is 0 Å². The quantitative estimate of drug-likeness (QED) is 0.622. The Hall–Kier alpha value is -2.84. The van der Waals surface area contributed by atoms with Crippen molar-refractivity contribution in [3.05, 3.63) is 59.2 Å². The molecule has 186 valence electrons. The van der Waals surface area contributed by atoms with Crippen LogP contribution in [0.4, 0.5) is 0 Å². The third-order valence-electron chi connectivity index (χ3n) is 7.69. The van der Waals surface area contributed by atoms with Gasteiger partial charge in [0.1, 0.15) is 5.75 Å². The molecule has 0 unspecified atom stereocenters. The number of phenolic OH excluding ortho intramolecular Hbond substituents is 1. The summed E-state index contributed by atoms with van der Waals surface area (Å²) in [5, 5.41) is 9.42. The van der Waals surface area contributed by atoms with E-state index < -0.39 is 24.2 Å². The molecule has 2 aliphatic rings. The maximum atomic E-state index is 12.7. The van der Waals surface area contributed by atoms with Crippen LogP contribution in [0, 0.1) is 5.92 Å². The number of primary amides is 1. The first-order valence-electron chi connectivity index (χ1n) is 12.3. The number of nitrogens with two attached hydrogens (primary N) is 1. The van der Waals surface area contributed by atoms with Crippen LogP contribution in [0.2, 0.25) is 0 Å². The second-order valence-electron chi connectivity index (χ2n) is 10.7. The Morgan fingerprint density at radius 3 is 2.20 bits per heavy atom. The van der Waals surface area contributed by atoms with E-state index in [0.717, 1.165) is 35.9 Å². The smallest absolute Gasteiger partial charge is 0.494 e. The van der Waals surface area contributed by atoms with Crippen molar-refractivity contribution in [2.45, 2.75) is 64.6 Å². The molecular weight excluding hydrogens is 443 g/mol. The monoisotopic (exact) mass is 478 g/mol. The summed E-state index contributed by atoms with van der Waals surface area (Å²) in [7, 11) is -0.546. The topological polar surface area (TPSA) is 102 Å². The van der Waals surface area contributed by atoms with Crippen LogP contribution in [-0.2, 0) is 26.9 Å². The minimum atomic E-state index is -0.546. The Kier molecular flexibility index (Phi) is 6.98. The lowest BCUT2D eigenvalue weighted by Gasteiger charge is -2.32. The standard InChI is InChI=1S/C27H35BN2O5/c1-26(2)27(3,4)35-28(34-26)21-8-7-20(23(17-21)25(29)33)15-19-11-13-30(14-12-19)24(32)16-18-5-9-22(31)10-6-18/h5-10,17,19,31H,11-16H2,1-4H3,(H2,29,33). The molecule has 8 heteroatoms. The van der Waals surface area contributed by atoms with Crippen molar-refractivity contribution in [3.63, 3.8) is 0 Å². The van der Waals surface area contributed by atoms with Crippen LogP contribution >= 0.6 is 0 Å². The van der Waals surface area contributed by atoms with E-state index in [4.69, 9.17) is 15.0 Å². The Balaban J connectivity index is 1.37.